The summed E-state index contributed by atoms with van der Waals surface area (Å²) in [6.45, 7) is -0.324. The molecule has 1 amide bonds. The summed E-state index contributed by atoms with van der Waals surface area (Å²) in [6, 6.07) is 9.13. The van der Waals surface area contributed by atoms with E-state index < -0.39 is 5.97 Å². The third-order valence-corrected chi connectivity index (χ3v) is 3.08. The van der Waals surface area contributed by atoms with Gasteiger partial charge in [0, 0.05) is 11.5 Å². The van der Waals surface area contributed by atoms with Crippen LogP contribution in [-0.4, -0.2) is 35.7 Å². The van der Waals surface area contributed by atoms with Gasteiger partial charge in [-0.2, -0.15) is 5.10 Å². The van der Waals surface area contributed by atoms with E-state index in [-0.39, 0.29) is 18.2 Å². The van der Waals surface area contributed by atoms with Crippen molar-refractivity contribution >= 4 is 27.8 Å². The Bertz CT molecular complexity index is 622. The number of esters is 1. The topological polar surface area (TPSA) is 84.1 Å². The van der Waals surface area contributed by atoms with E-state index in [1.54, 1.807) is 6.07 Å². The molecule has 1 heterocycles. The second-order valence-corrected chi connectivity index (χ2v) is 4.84. The molecule has 7 heteroatoms. The lowest BCUT2D eigenvalue weighted by Crippen LogP contribution is -2.25. The van der Waals surface area contributed by atoms with Crippen molar-refractivity contribution in [2.75, 3.05) is 13.7 Å². The number of H-pyrrole nitrogens is 1. The molecule has 0 fully saturated rings. The van der Waals surface area contributed by atoms with Gasteiger partial charge in [0.1, 0.15) is 0 Å². The molecule has 0 aliphatic carbocycles. The summed E-state index contributed by atoms with van der Waals surface area (Å²) in [5.41, 5.74) is 1.72. The molecule has 0 unspecified atom stereocenters. The molecular formula is C13H12BrN3O3. The Labute approximate surface area is 123 Å². The minimum atomic E-state index is -0.645. The largest absolute Gasteiger partial charge is 0.451 e. The van der Waals surface area contributed by atoms with Gasteiger partial charge in [0.25, 0.3) is 5.91 Å². The number of likely N-dealkylation sites (N-methyl/N-ethyl adjacent to an activating group) is 1. The fraction of sp³-hybridized carbons (Fsp3) is 0.154. The highest BCUT2D eigenvalue weighted by molar-refractivity contribution is 9.10. The minimum Gasteiger partial charge on any atom is -0.451 e. The SMILES string of the molecule is CNC(=O)COC(=O)c1cc(-c2ccc(Br)cc2)[nH]n1. The fourth-order valence-electron chi connectivity index (χ4n) is 1.48. The van der Waals surface area contributed by atoms with Gasteiger partial charge in [0.05, 0.1) is 5.69 Å². The number of nitrogens with zero attached hydrogens (tertiary/aromatic N) is 1. The first kappa shape index (κ1) is 14.3. The van der Waals surface area contributed by atoms with Gasteiger partial charge in [0.15, 0.2) is 12.3 Å². The lowest BCUT2D eigenvalue weighted by atomic mass is 10.1. The lowest BCUT2D eigenvalue weighted by molar-refractivity contribution is -0.123. The lowest BCUT2D eigenvalue weighted by Gasteiger charge is -2.00. The number of rotatable bonds is 4. The Morgan fingerprint density at radius 3 is 2.70 bits per heavy atom. The third-order valence-electron chi connectivity index (χ3n) is 2.56. The molecule has 0 spiro atoms. The van der Waals surface area contributed by atoms with Crippen LogP contribution in [0.15, 0.2) is 34.8 Å². The Hall–Kier alpha value is -2.15. The number of carbonyl (C=O) groups is 2. The summed E-state index contributed by atoms with van der Waals surface area (Å²) in [5.74, 6) is -1.02. The number of hydrogen-bond acceptors (Lipinski definition) is 4. The van der Waals surface area contributed by atoms with Crippen molar-refractivity contribution in [2.45, 2.75) is 0 Å². The number of hydrogen-bond donors (Lipinski definition) is 2. The zero-order valence-electron chi connectivity index (χ0n) is 10.6. The monoisotopic (exact) mass is 337 g/mol. The number of halogens is 1. The van der Waals surface area contributed by atoms with Crippen LogP contribution in [-0.2, 0) is 9.53 Å². The number of benzene rings is 1. The van der Waals surface area contributed by atoms with E-state index in [9.17, 15) is 9.59 Å². The van der Waals surface area contributed by atoms with Crippen molar-refractivity contribution in [3.05, 3.63) is 40.5 Å². The summed E-state index contributed by atoms with van der Waals surface area (Å²) in [5, 5.41) is 8.99. The molecule has 1 aromatic heterocycles. The number of nitrogens with one attached hydrogen (secondary N) is 2. The van der Waals surface area contributed by atoms with Gasteiger partial charge in [-0.05, 0) is 23.8 Å². The first-order valence-electron chi connectivity index (χ1n) is 5.79. The Balaban J connectivity index is 2.06. The fourth-order valence-corrected chi connectivity index (χ4v) is 1.75. The predicted octanol–water partition coefficient (Wildman–Crippen LogP) is 1.74. The molecule has 2 rings (SSSR count). The van der Waals surface area contributed by atoms with E-state index in [0.29, 0.717) is 5.69 Å². The summed E-state index contributed by atoms with van der Waals surface area (Å²) in [6.07, 6.45) is 0. The first-order valence-corrected chi connectivity index (χ1v) is 6.58. The van der Waals surface area contributed by atoms with E-state index in [2.05, 4.69) is 31.4 Å². The maximum Gasteiger partial charge on any atom is 0.359 e. The molecule has 0 bridgehead atoms. The average Bonchev–Trinajstić information content (AvgIpc) is 2.95. The number of carbonyl (C=O) groups excluding carboxylic acids is 2. The molecule has 0 saturated carbocycles. The van der Waals surface area contributed by atoms with Crippen LogP contribution in [0, 0.1) is 0 Å². The molecule has 2 aromatic rings. The summed E-state index contributed by atoms with van der Waals surface area (Å²) in [7, 11) is 1.47. The van der Waals surface area contributed by atoms with Crippen molar-refractivity contribution < 1.29 is 14.3 Å². The Morgan fingerprint density at radius 2 is 2.05 bits per heavy atom. The molecule has 2 N–H and O–H groups in total. The zero-order chi connectivity index (χ0) is 14.5. The van der Waals surface area contributed by atoms with Gasteiger partial charge < -0.3 is 10.1 Å². The van der Waals surface area contributed by atoms with Crippen LogP contribution in [0.3, 0.4) is 0 Å². The van der Waals surface area contributed by atoms with E-state index >= 15 is 0 Å². The molecule has 6 nitrogen and oxygen atoms in total. The van der Waals surface area contributed by atoms with Crippen LogP contribution in [0.4, 0.5) is 0 Å². The minimum absolute atomic E-state index is 0.131. The van der Waals surface area contributed by atoms with Crippen molar-refractivity contribution in [1.29, 1.82) is 0 Å². The molecule has 0 radical (unpaired) electrons. The normalized spacial score (nSPS) is 10.1. The maximum absolute atomic E-state index is 11.7. The van der Waals surface area contributed by atoms with Crippen LogP contribution in [0.2, 0.25) is 0 Å². The number of amides is 1. The molecule has 0 saturated heterocycles. The maximum atomic E-state index is 11.7. The van der Waals surface area contributed by atoms with Gasteiger partial charge in [-0.15, -0.1) is 0 Å². The van der Waals surface area contributed by atoms with Gasteiger partial charge in [-0.25, -0.2) is 4.79 Å². The van der Waals surface area contributed by atoms with Crippen LogP contribution in [0.1, 0.15) is 10.5 Å². The highest BCUT2D eigenvalue weighted by Gasteiger charge is 2.14. The quantitative estimate of drug-likeness (QED) is 0.832. The number of aromatic amines is 1. The second kappa shape index (κ2) is 6.33. The molecule has 0 aliphatic heterocycles. The van der Waals surface area contributed by atoms with Crippen LogP contribution < -0.4 is 5.32 Å². The smallest absolute Gasteiger partial charge is 0.359 e. The Kier molecular flexibility index (Phi) is 4.52. The highest BCUT2D eigenvalue weighted by Crippen LogP contribution is 2.20. The molecule has 0 aliphatic rings. The number of ether oxygens (including phenoxy) is 1. The second-order valence-electron chi connectivity index (χ2n) is 3.92. The molecule has 20 heavy (non-hydrogen) atoms. The van der Waals surface area contributed by atoms with Crippen molar-refractivity contribution in [1.82, 2.24) is 15.5 Å². The number of aromatic nitrogens is 2. The van der Waals surface area contributed by atoms with Crippen molar-refractivity contribution in [3.63, 3.8) is 0 Å². The molecule has 0 atom stereocenters. The van der Waals surface area contributed by atoms with Gasteiger partial charge in [-0.1, -0.05) is 28.1 Å². The molecule has 104 valence electrons. The van der Waals surface area contributed by atoms with Crippen molar-refractivity contribution in [3.8, 4) is 11.3 Å². The van der Waals surface area contributed by atoms with Gasteiger partial charge in [-0.3, -0.25) is 9.89 Å². The van der Waals surface area contributed by atoms with E-state index in [4.69, 9.17) is 4.74 Å². The standard InChI is InChI=1S/C13H12BrN3O3/c1-15-12(18)7-20-13(19)11-6-10(16-17-11)8-2-4-9(14)5-3-8/h2-6H,7H2,1H3,(H,15,18)(H,16,17). The average molecular weight is 338 g/mol. The van der Waals surface area contributed by atoms with E-state index in [0.717, 1.165) is 10.0 Å². The predicted molar refractivity (Wildman–Crippen MR) is 76.1 cm³/mol. The summed E-state index contributed by atoms with van der Waals surface area (Å²) < 4.78 is 5.77. The van der Waals surface area contributed by atoms with Crippen LogP contribution in [0.25, 0.3) is 11.3 Å². The summed E-state index contributed by atoms with van der Waals surface area (Å²) >= 11 is 3.35. The zero-order valence-corrected chi connectivity index (χ0v) is 12.2. The van der Waals surface area contributed by atoms with Crippen LogP contribution >= 0.6 is 15.9 Å². The first-order chi connectivity index (χ1) is 9.60. The highest BCUT2D eigenvalue weighted by atomic mass is 79.9. The third kappa shape index (κ3) is 3.45. The van der Waals surface area contributed by atoms with Crippen LogP contribution in [0.5, 0.6) is 0 Å². The van der Waals surface area contributed by atoms with Gasteiger partial charge >= 0.3 is 5.97 Å². The van der Waals surface area contributed by atoms with Crippen molar-refractivity contribution in [2.24, 2.45) is 0 Å². The molecular weight excluding hydrogens is 326 g/mol. The Morgan fingerprint density at radius 1 is 1.35 bits per heavy atom. The van der Waals surface area contributed by atoms with E-state index in [1.165, 1.54) is 7.05 Å². The molecule has 1 aromatic carbocycles. The van der Waals surface area contributed by atoms with E-state index in [1.807, 2.05) is 24.3 Å². The van der Waals surface area contributed by atoms with Gasteiger partial charge in [0.2, 0.25) is 0 Å². The summed E-state index contributed by atoms with van der Waals surface area (Å²) in [4.78, 5) is 22.7.